The molecular formula is C18H15NO4S. The quantitative estimate of drug-likeness (QED) is 0.786. The normalized spacial score (nSPS) is 17.0. The van der Waals surface area contributed by atoms with Gasteiger partial charge in [0.2, 0.25) is 0 Å². The lowest BCUT2D eigenvalue weighted by Gasteiger charge is -2.32. The van der Waals surface area contributed by atoms with Gasteiger partial charge in [0.05, 0.1) is 10.6 Å². The zero-order valence-corrected chi connectivity index (χ0v) is 14.0. The van der Waals surface area contributed by atoms with Crippen LogP contribution in [0.4, 0.5) is 10.5 Å². The molecule has 0 N–H and O–H groups in total. The second-order valence-electron chi connectivity index (χ2n) is 5.52. The molecule has 5 nitrogen and oxygen atoms in total. The lowest BCUT2D eigenvalue weighted by molar-refractivity contribution is 0.129. The second-order valence-corrected chi connectivity index (χ2v) is 7.31. The predicted octanol–water partition coefficient (Wildman–Crippen LogP) is 3.32. The van der Waals surface area contributed by atoms with E-state index in [9.17, 15) is 13.2 Å². The van der Waals surface area contributed by atoms with E-state index < -0.39 is 22.2 Å². The maximum absolute atomic E-state index is 13.0. The minimum absolute atomic E-state index is 0.0108. The number of sulfonamides is 1. The molecule has 1 atom stereocenters. The van der Waals surface area contributed by atoms with Gasteiger partial charge in [0.25, 0.3) is 10.0 Å². The Labute approximate surface area is 140 Å². The Bertz CT molecular complexity index is 956. The molecule has 0 spiro atoms. The van der Waals surface area contributed by atoms with Crippen molar-refractivity contribution >= 4 is 21.8 Å². The lowest BCUT2D eigenvalue weighted by atomic mass is 10.0. The average Bonchev–Trinajstić information content (AvgIpc) is 2.54. The molecule has 0 aromatic heterocycles. The van der Waals surface area contributed by atoms with Crippen LogP contribution < -0.4 is 4.31 Å². The van der Waals surface area contributed by atoms with Crippen LogP contribution in [0, 0.1) is 26.2 Å². The number of fused-ring (bicyclic) bond motifs is 1. The van der Waals surface area contributed by atoms with Gasteiger partial charge < -0.3 is 4.74 Å². The Kier molecular flexibility index (Phi) is 3.82. The van der Waals surface area contributed by atoms with Crippen molar-refractivity contribution in [2.24, 2.45) is 0 Å². The number of rotatable bonds is 2. The van der Waals surface area contributed by atoms with Crippen LogP contribution in [0.3, 0.4) is 0 Å². The minimum Gasteiger partial charge on any atom is -0.427 e. The number of carbonyl (C=O) groups is 1. The van der Waals surface area contributed by atoms with Crippen LogP contribution in [0.1, 0.15) is 22.8 Å². The first-order chi connectivity index (χ1) is 11.4. The highest BCUT2D eigenvalue weighted by Gasteiger charge is 2.40. The summed E-state index contributed by atoms with van der Waals surface area (Å²) in [7, 11) is -4.10. The average molecular weight is 341 g/mol. The van der Waals surface area contributed by atoms with E-state index in [0.717, 1.165) is 11.1 Å². The maximum atomic E-state index is 13.0. The third-order valence-corrected chi connectivity index (χ3v) is 5.57. The number of hydrogen-bond donors (Lipinski definition) is 0. The number of anilines is 1. The summed E-state index contributed by atoms with van der Waals surface area (Å²) in [5.41, 5.74) is 2.41. The highest BCUT2D eigenvalue weighted by Crippen LogP contribution is 2.39. The Hall–Kier alpha value is -2.78. The third-order valence-electron chi connectivity index (χ3n) is 3.88. The molecule has 0 aliphatic carbocycles. The Morgan fingerprint density at radius 1 is 1.12 bits per heavy atom. The summed E-state index contributed by atoms with van der Waals surface area (Å²) in [6.45, 7) is 3.64. The van der Waals surface area contributed by atoms with E-state index in [0.29, 0.717) is 9.87 Å². The molecule has 6 heteroatoms. The van der Waals surface area contributed by atoms with Crippen molar-refractivity contribution in [3.8, 4) is 12.3 Å². The van der Waals surface area contributed by atoms with Crippen molar-refractivity contribution in [2.45, 2.75) is 24.8 Å². The fourth-order valence-electron chi connectivity index (χ4n) is 2.65. The van der Waals surface area contributed by atoms with Crippen LogP contribution >= 0.6 is 0 Å². The van der Waals surface area contributed by atoms with Crippen LogP contribution in [-0.2, 0) is 14.8 Å². The van der Waals surface area contributed by atoms with Crippen molar-refractivity contribution in [1.82, 2.24) is 0 Å². The summed E-state index contributed by atoms with van der Waals surface area (Å²) in [6.07, 6.45) is 3.53. The van der Waals surface area contributed by atoms with E-state index in [4.69, 9.17) is 11.2 Å². The fraction of sp³-hybridized carbons (Fsp3) is 0.167. The van der Waals surface area contributed by atoms with Gasteiger partial charge in [-0.2, -0.15) is 4.31 Å². The first kappa shape index (κ1) is 16.1. The number of terminal acetylenes is 1. The molecule has 2 aromatic rings. The van der Waals surface area contributed by atoms with Crippen molar-refractivity contribution in [3.05, 3.63) is 59.2 Å². The number of ether oxygens (including phenoxy) is 1. The Morgan fingerprint density at radius 3 is 2.42 bits per heavy atom. The zero-order chi connectivity index (χ0) is 17.5. The fourth-order valence-corrected chi connectivity index (χ4v) is 4.00. The van der Waals surface area contributed by atoms with Crippen LogP contribution in [0.5, 0.6) is 0 Å². The van der Waals surface area contributed by atoms with Crippen LogP contribution in [-0.4, -0.2) is 14.5 Å². The molecule has 1 amide bonds. The summed E-state index contributed by atoms with van der Waals surface area (Å²) in [6, 6.07) is 11.3. The molecule has 24 heavy (non-hydrogen) atoms. The number of cyclic esters (lactones) is 1. The van der Waals surface area contributed by atoms with E-state index in [1.54, 1.807) is 37.3 Å². The van der Waals surface area contributed by atoms with E-state index in [2.05, 4.69) is 5.92 Å². The smallest absolute Gasteiger partial charge is 0.427 e. The van der Waals surface area contributed by atoms with E-state index in [1.165, 1.54) is 12.1 Å². The standard InChI is InChI=1S/C18H15NO4S/c1-4-16-17-13(3)6-5-7-15(17)19(18(20)23-16)24(21,22)14-10-8-12(2)9-11-14/h1,5-11,16H,2-3H3. The monoisotopic (exact) mass is 341 g/mol. The Morgan fingerprint density at radius 2 is 1.79 bits per heavy atom. The van der Waals surface area contributed by atoms with Gasteiger partial charge >= 0.3 is 6.09 Å². The number of benzene rings is 2. The molecule has 1 aliphatic rings. The predicted molar refractivity (Wildman–Crippen MR) is 90.1 cm³/mol. The highest BCUT2D eigenvalue weighted by atomic mass is 32.2. The number of carbonyl (C=O) groups excluding carboxylic acids is 1. The molecule has 1 aliphatic heterocycles. The van der Waals surface area contributed by atoms with Crippen molar-refractivity contribution < 1.29 is 17.9 Å². The molecule has 3 rings (SSSR count). The van der Waals surface area contributed by atoms with E-state index in [1.807, 2.05) is 6.92 Å². The maximum Gasteiger partial charge on any atom is 0.430 e. The molecule has 122 valence electrons. The van der Waals surface area contributed by atoms with Crippen LogP contribution in [0.15, 0.2) is 47.4 Å². The van der Waals surface area contributed by atoms with Gasteiger partial charge in [-0.1, -0.05) is 35.7 Å². The van der Waals surface area contributed by atoms with Gasteiger partial charge in [-0.25, -0.2) is 13.2 Å². The van der Waals surface area contributed by atoms with Gasteiger partial charge in [-0.05, 0) is 37.6 Å². The summed E-state index contributed by atoms with van der Waals surface area (Å²) >= 11 is 0. The SMILES string of the molecule is C#CC1OC(=O)N(S(=O)(=O)c2ccc(C)cc2)c2cccc(C)c21. The zero-order valence-electron chi connectivity index (χ0n) is 13.2. The lowest BCUT2D eigenvalue weighted by Crippen LogP contribution is -2.42. The number of aryl methyl sites for hydroxylation is 2. The van der Waals surface area contributed by atoms with Crippen molar-refractivity contribution in [1.29, 1.82) is 0 Å². The largest absolute Gasteiger partial charge is 0.430 e. The van der Waals surface area contributed by atoms with Gasteiger partial charge in [0.1, 0.15) is 0 Å². The van der Waals surface area contributed by atoms with Gasteiger partial charge in [-0.15, -0.1) is 6.42 Å². The molecule has 1 unspecified atom stereocenters. The highest BCUT2D eigenvalue weighted by molar-refractivity contribution is 7.93. The minimum atomic E-state index is -4.10. The second kappa shape index (κ2) is 5.69. The molecule has 0 saturated carbocycles. The molecule has 0 saturated heterocycles. The van der Waals surface area contributed by atoms with Gasteiger partial charge in [-0.3, -0.25) is 0 Å². The first-order valence-electron chi connectivity index (χ1n) is 7.24. The van der Waals surface area contributed by atoms with Crippen molar-refractivity contribution in [2.75, 3.05) is 4.31 Å². The molecule has 0 fully saturated rings. The molecule has 1 heterocycles. The van der Waals surface area contributed by atoms with E-state index >= 15 is 0 Å². The summed E-state index contributed by atoms with van der Waals surface area (Å²) in [4.78, 5) is 12.4. The van der Waals surface area contributed by atoms with E-state index in [-0.39, 0.29) is 10.6 Å². The summed E-state index contributed by atoms with van der Waals surface area (Å²) in [5.74, 6) is 2.39. The van der Waals surface area contributed by atoms with Crippen LogP contribution in [0.25, 0.3) is 0 Å². The summed E-state index contributed by atoms with van der Waals surface area (Å²) in [5, 5.41) is 0. The molecule has 2 aromatic carbocycles. The number of amides is 1. The Balaban J connectivity index is 2.21. The number of hydrogen-bond acceptors (Lipinski definition) is 4. The number of nitrogens with zero attached hydrogens (tertiary/aromatic N) is 1. The van der Waals surface area contributed by atoms with Gasteiger partial charge in [0, 0.05) is 5.56 Å². The third kappa shape index (κ3) is 2.43. The topological polar surface area (TPSA) is 63.7 Å². The summed E-state index contributed by atoms with van der Waals surface area (Å²) < 4.78 is 31.7. The molecule has 0 bridgehead atoms. The van der Waals surface area contributed by atoms with Crippen LogP contribution in [0.2, 0.25) is 0 Å². The van der Waals surface area contributed by atoms with Gasteiger partial charge in [0.15, 0.2) is 6.10 Å². The first-order valence-corrected chi connectivity index (χ1v) is 8.68. The molecule has 0 radical (unpaired) electrons. The molecular weight excluding hydrogens is 326 g/mol. The van der Waals surface area contributed by atoms with Crippen molar-refractivity contribution in [3.63, 3.8) is 0 Å².